The number of hydrogen-bond donors (Lipinski definition) is 3. The summed E-state index contributed by atoms with van der Waals surface area (Å²) in [4.78, 5) is 12.9. The zero-order valence-corrected chi connectivity index (χ0v) is 12.7. The molecule has 1 amide bonds. The van der Waals surface area contributed by atoms with E-state index in [1.54, 1.807) is 29.9 Å². The van der Waals surface area contributed by atoms with Crippen molar-refractivity contribution in [3.05, 3.63) is 53.4 Å². The predicted octanol–water partition coefficient (Wildman–Crippen LogP) is 2.14. The molecule has 3 aromatic heterocycles. The standard InChI is InChI=1S/C15H16N4O2S/c20-14(17-9-12-3-1-5-21-12)10-16-7-11-8-18-19-15(11)13-4-2-6-22-13/h1-6,8,16H,7,9-10H2,(H,17,20)(H,18,19). The fourth-order valence-electron chi connectivity index (χ4n) is 2.05. The minimum absolute atomic E-state index is 0.0717. The summed E-state index contributed by atoms with van der Waals surface area (Å²) in [5, 5.41) is 15.0. The second-order valence-corrected chi connectivity index (χ2v) is 5.65. The lowest BCUT2D eigenvalue weighted by molar-refractivity contribution is -0.120. The molecule has 0 atom stereocenters. The maximum Gasteiger partial charge on any atom is 0.234 e. The van der Waals surface area contributed by atoms with E-state index in [0.717, 1.165) is 21.9 Å². The van der Waals surface area contributed by atoms with Gasteiger partial charge in [0.1, 0.15) is 5.76 Å². The Morgan fingerprint density at radius 1 is 1.32 bits per heavy atom. The molecule has 3 rings (SSSR count). The predicted molar refractivity (Wildman–Crippen MR) is 84.2 cm³/mol. The fourth-order valence-corrected chi connectivity index (χ4v) is 2.81. The Hall–Kier alpha value is -2.38. The normalized spacial score (nSPS) is 10.7. The molecule has 0 spiro atoms. The van der Waals surface area contributed by atoms with Crippen LogP contribution in [0.15, 0.2) is 46.5 Å². The molecule has 0 aliphatic rings. The van der Waals surface area contributed by atoms with Gasteiger partial charge in [-0.25, -0.2) is 0 Å². The van der Waals surface area contributed by atoms with Crippen LogP contribution in [0.1, 0.15) is 11.3 Å². The average Bonchev–Trinajstić information content (AvgIpc) is 3.26. The quantitative estimate of drug-likeness (QED) is 0.623. The van der Waals surface area contributed by atoms with Gasteiger partial charge in [-0.15, -0.1) is 11.3 Å². The molecule has 0 aromatic carbocycles. The third kappa shape index (κ3) is 3.63. The van der Waals surface area contributed by atoms with Crippen molar-refractivity contribution in [2.24, 2.45) is 0 Å². The van der Waals surface area contributed by atoms with E-state index in [1.165, 1.54) is 0 Å². The van der Waals surface area contributed by atoms with Crippen molar-refractivity contribution < 1.29 is 9.21 Å². The Bertz CT molecular complexity index is 704. The lowest BCUT2D eigenvalue weighted by Crippen LogP contribution is -2.33. The van der Waals surface area contributed by atoms with Crippen molar-refractivity contribution in [2.45, 2.75) is 13.1 Å². The Morgan fingerprint density at radius 2 is 2.27 bits per heavy atom. The van der Waals surface area contributed by atoms with Crippen LogP contribution in [0.3, 0.4) is 0 Å². The maximum absolute atomic E-state index is 11.7. The van der Waals surface area contributed by atoms with Crippen LogP contribution in [0, 0.1) is 0 Å². The molecule has 0 saturated heterocycles. The van der Waals surface area contributed by atoms with Crippen LogP contribution in [-0.4, -0.2) is 22.6 Å². The number of amides is 1. The van der Waals surface area contributed by atoms with E-state index in [9.17, 15) is 4.79 Å². The molecular weight excluding hydrogens is 300 g/mol. The summed E-state index contributed by atoms with van der Waals surface area (Å²) in [7, 11) is 0. The number of aromatic nitrogens is 2. The zero-order chi connectivity index (χ0) is 15.2. The van der Waals surface area contributed by atoms with Gasteiger partial charge in [-0.3, -0.25) is 9.89 Å². The van der Waals surface area contributed by atoms with Crippen molar-refractivity contribution in [3.8, 4) is 10.6 Å². The summed E-state index contributed by atoms with van der Waals surface area (Å²) >= 11 is 1.65. The van der Waals surface area contributed by atoms with Gasteiger partial charge in [0.2, 0.25) is 5.91 Å². The highest BCUT2D eigenvalue weighted by Gasteiger charge is 2.09. The Kier molecular flexibility index (Phi) is 4.67. The monoisotopic (exact) mass is 316 g/mol. The molecule has 3 heterocycles. The van der Waals surface area contributed by atoms with E-state index in [2.05, 4.69) is 20.8 Å². The van der Waals surface area contributed by atoms with Gasteiger partial charge in [0.05, 0.1) is 36.1 Å². The number of rotatable bonds is 7. The Balaban J connectivity index is 1.45. The molecule has 3 N–H and O–H groups in total. The number of furan rings is 1. The molecule has 0 radical (unpaired) electrons. The number of carbonyl (C=O) groups excluding carboxylic acids is 1. The van der Waals surface area contributed by atoms with E-state index < -0.39 is 0 Å². The first-order valence-corrected chi connectivity index (χ1v) is 7.77. The summed E-state index contributed by atoms with van der Waals surface area (Å²) < 4.78 is 5.16. The third-order valence-electron chi connectivity index (χ3n) is 3.13. The lowest BCUT2D eigenvalue weighted by atomic mass is 10.2. The fraction of sp³-hybridized carbons (Fsp3) is 0.200. The molecule has 3 aromatic rings. The molecule has 0 aliphatic carbocycles. The average molecular weight is 316 g/mol. The summed E-state index contributed by atoms with van der Waals surface area (Å²) in [5.41, 5.74) is 2.04. The third-order valence-corrected chi connectivity index (χ3v) is 4.01. The summed E-state index contributed by atoms with van der Waals surface area (Å²) in [6, 6.07) is 7.66. The first-order chi connectivity index (χ1) is 10.8. The molecule has 22 heavy (non-hydrogen) atoms. The van der Waals surface area contributed by atoms with Gasteiger partial charge in [-0.05, 0) is 23.6 Å². The Labute approximate surface area is 131 Å². The van der Waals surface area contributed by atoms with Crippen molar-refractivity contribution in [3.63, 3.8) is 0 Å². The number of hydrogen-bond acceptors (Lipinski definition) is 5. The molecule has 114 valence electrons. The van der Waals surface area contributed by atoms with E-state index in [-0.39, 0.29) is 12.5 Å². The SMILES string of the molecule is O=C(CNCc1cn[nH]c1-c1cccs1)NCc1ccco1. The zero-order valence-electron chi connectivity index (χ0n) is 11.8. The van der Waals surface area contributed by atoms with E-state index >= 15 is 0 Å². The van der Waals surface area contributed by atoms with Crippen molar-refractivity contribution in [1.82, 2.24) is 20.8 Å². The molecule has 0 fully saturated rings. The molecule has 0 aliphatic heterocycles. The highest BCUT2D eigenvalue weighted by molar-refractivity contribution is 7.13. The molecule has 6 nitrogen and oxygen atoms in total. The highest BCUT2D eigenvalue weighted by Crippen LogP contribution is 2.25. The van der Waals surface area contributed by atoms with Gasteiger partial charge in [0, 0.05) is 12.1 Å². The molecular formula is C15H16N4O2S. The van der Waals surface area contributed by atoms with Gasteiger partial charge in [-0.1, -0.05) is 6.07 Å². The molecule has 0 bridgehead atoms. The van der Waals surface area contributed by atoms with Gasteiger partial charge < -0.3 is 15.1 Å². The smallest absolute Gasteiger partial charge is 0.234 e. The number of H-pyrrole nitrogens is 1. The second kappa shape index (κ2) is 7.06. The molecule has 0 unspecified atom stereocenters. The van der Waals surface area contributed by atoms with Crippen LogP contribution in [0.5, 0.6) is 0 Å². The summed E-state index contributed by atoms with van der Waals surface area (Å²) in [6.45, 7) is 1.23. The van der Waals surface area contributed by atoms with E-state index in [0.29, 0.717) is 13.1 Å². The first-order valence-electron chi connectivity index (χ1n) is 6.89. The number of thiophene rings is 1. The van der Waals surface area contributed by atoms with Crippen molar-refractivity contribution in [1.29, 1.82) is 0 Å². The lowest BCUT2D eigenvalue weighted by Gasteiger charge is -2.05. The summed E-state index contributed by atoms with van der Waals surface area (Å²) in [6.07, 6.45) is 3.37. The minimum Gasteiger partial charge on any atom is -0.467 e. The van der Waals surface area contributed by atoms with Crippen molar-refractivity contribution >= 4 is 17.2 Å². The Morgan fingerprint density at radius 3 is 3.05 bits per heavy atom. The van der Waals surface area contributed by atoms with Crippen LogP contribution in [0.25, 0.3) is 10.6 Å². The van der Waals surface area contributed by atoms with Gasteiger partial charge in [0.15, 0.2) is 0 Å². The van der Waals surface area contributed by atoms with Crippen LogP contribution in [0.2, 0.25) is 0 Å². The summed E-state index contributed by atoms with van der Waals surface area (Å²) in [5.74, 6) is 0.667. The van der Waals surface area contributed by atoms with Crippen molar-refractivity contribution in [2.75, 3.05) is 6.54 Å². The number of aromatic amines is 1. The van der Waals surface area contributed by atoms with Gasteiger partial charge in [0.25, 0.3) is 0 Å². The highest BCUT2D eigenvalue weighted by atomic mass is 32.1. The van der Waals surface area contributed by atoms with Crippen LogP contribution in [-0.2, 0) is 17.9 Å². The first kappa shape index (κ1) is 14.6. The van der Waals surface area contributed by atoms with E-state index in [4.69, 9.17) is 4.42 Å². The molecule has 0 saturated carbocycles. The van der Waals surface area contributed by atoms with E-state index in [1.807, 2.05) is 23.6 Å². The topological polar surface area (TPSA) is 83.0 Å². The number of nitrogens with zero attached hydrogens (tertiary/aromatic N) is 1. The largest absolute Gasteiger partial charge is 0.467 e. The maximum atomic E-state index is 11.7. The minimum atomic E-state index is -0.0717. The number of nitrogens with one attached hydrogen (secondary N) is 3. The van der Waals surface area contributed by atoms with Gasteiger partial charge >= 0.3 is 0 Å². The van der Waals surface area contributed by atoms with Crippen LogP contribution >= 0.6 is 11.3 Å². The van der Waals surface area contributed by atoms with Crippen LogP contribution < -0.4 is 10.6 Å². The molecule has 7 heteroatoms. The second-order valence-electron chi connectivity index (χ2n) is 4.71. The van der Waals surface area contributed by atoms with Gasteiger partial charge in [-0.2, -0.15) is 5.10 Å². The van der Waals surface area contributed by atoms with Crippen LogP contribution in [0.4, 0.5) is 0 Å². The number of carbonyl (C=O) groups is 1.